The molecule has 0 N–H and O–H groups in total. The predicted octanol–water partition coefficient (Wildman–Crippen LogP) is 10.4. The van der Waals surface area contributed by atoms with Crippen LogP contribution < -0.4 is 0 Å². The molecule has 0 atom stereocenters. The molecule has 0 saturated carbocycles. The van der Waals surface area contributed by atoms with Crippen molar-refractivity contribution in [2.24, 2.45) is 0 Å². The summed E-state index contributed by atoms with van der Waals surface area (Å²) in [5.41, 5.74) is 0. The molecular weight excluding hydrogens is 367 g/mol. The van der Waals surface area contributed by atoms with Gasteiger partial charge in [0, 0.05) is 0 Å². The average Bonchev–Trinajstić information content (AvgIpc) is 2.68. The van der Waals surface area contributed by atoms with Crippen LogP contribution >= 0.6 is 17.2 Å². The second-order valence-corrected chi connectivity index (χ2v) is 17.6. The fourth-order valence-corrected chi connectivity index (χ4v) is 11.6. The molecule has 2 heteroatoms. The van der Waals surface area contributed by atoms with Gasteiger partial charge in [-0.2, -0.15) is 0 Å². The van der Waals surface area contributed by atoms with E-state index in [4.69, 9.17) is 11.2 Å². The minimum atomic E-state index is -1.97. The minimum absolute atomic E-state index is 1.31. The molecule has 0 aliphatic heterocycles. The quantitative estimate of drug-likeness (QED) is 0.128. The standard InChI is InChI=1S/C25H54ClP/c1-5-9-13-14-15-16-17-18-19-20-21-25-27(26,22-10-6-2,23-11-7-3)24-12-8-4/h5-25H2,1-4H3. The molecule has 0 amide bonds. The van der Waals surface area contributed by atoms with Crippen molar-refractivity contribution in [3.8, 4) is 0 Å². The molecule has 166 valence electrons. The van der Waals surface area contributed by atoms with Crippen molar-refractivity contribution < 1.29 is 0 Å². The van der Waals surface area contributed by atoms with Crippen LogP contribution in [0.2, 0.25) is 0 Å². The maximum atomic E-state index is 7.69. The monoisotopic (exact) mass is 420 g/mol. The van der Waals surface area contributed by atoms with E-state index in [1.54, 1.807) is 0 Å². The molecule has 0 aromatic carbocycles. The van der Waals surface area contributed by atoms with Gasteiger partial charge in [-0.1, -0.05) is 6.92 Å². The summed E-state index contributed by atoms with van der Waals surface area (Å²) in [4.78, 5) is 0. The predicted molar refractivity (Wildman–Crippen MR) is 133 cm³/mol. The topological polar surface area (TPSA) is 0 Å². The first kappa shape index (κ1) is 27.7. The van der Waals surface area contributed by atoms with Crippen LogP contribution in [0.3, 0.4) is 0 Å². The van der Waals surface area contributed by atoms with Crippen LogP contribution in [0.1, 0.15) is 137 Å². The van der Waals surface area contributed by atoms with E-state index < -0.39 is 5.96 Å². The van der Waals surface area contributed by atoms with Gasteiger partial charge in [0.05, 0.1) is 0 Å². The van der Waals surface area contributed by atoms with Crippen molar-refractivity contribution in [2.45, 2.75) is 137 Å². The normalized spacial score (nSPS) is 13.6. The van der Waals surface area contributed by atoms with Gasteiger partial charge in [-0.3, -0.25) is 0 Å². The van der Waals surface area contributed by atoms with Crippen molar-refractivity contribution >= 4 is 17.2 Å². The second kappa shape index (κ2) is 17.6. The molecule has 0 aromatic heterocycles. The first-order valence-corrected chi connectivity index (χ1v) is 16.6. The number of hydrogen-bond donors (Lipinski definition) is 0. The summed E-state index contributed by atoms with van der Waals surface area (Å²) in [5.74, 6) is -1.97. The first-order valence-electron chi connectivity index (χ1n) is 12.8. The molecule has 0 heterocycles. The van der Waals surface area contributed by atoms with Crippen molar-refractivity contribution in [3.05, 3.63) is 0 Å². The van der Waals surface area contributed by atoms with Gasteiger partial charge >= 0.3 is 172 Å². The third kappa shape index (κ3) is 14.4. The SMILES string of the molecule is CCCCCCCCCCCCCP(Cl)(CCCC)(CCCC)CCCC. The zero-order valence-corrected chi connectivity index (χ0v) is 21.3. The molecule has 0 saturated heterocycles. The molecule has 0 spiro atoms. The molecule has 0 aliphatic rings. The van der Waals surface area contributed by atoms with E-state index in [1.807, 2.05) is 0 Å². The summed E-state index contributed by atoms with van der Waals surface area (Å²) in [7, 11) is 0. The van der Waals surface area contributed by atoms with Crippen LogP contribution in [0, 0.1) is 0 Å². The van der Waals surface area contributed by atoms with Gasteiger partial charge in [0.2, 0.25) is 0 Å². The molecule has 0 aliphatic carbocycles. The Bertz CT molecular complexity index is 291. The summed E-state index contributed by atoms with van der Waals surface area (Å²) >= 11 is 7.69. The molecule has 0 unspecified atom stereocenters. The van der Waals surface area contributed by atoms with E-state index in [-0.39, 0.29) is 0 Å². The van der Waals surface area contributed by atoms with Gasteiger partial charge in [-0.25, -0.2) is 0 Å². The summed E-state index contributed by atoms with van der Waals surface area (Å²) in [5, 5.41) is 0. The Morgan fingerprint density at radius 1 is 0.370 bits per heavy atom. The van der Waals surface area contributed by atoms with E-state index >= 15 is 0 Å². The number of unbranched alkanes of at least 4 members (excludes halogenated alkanes) is 13. The number of halogens is 1. The average molecular weight is 421 g/mol. The van der Waals surface area contributed by atoms with Crippen molar-refractivity contribution in [2.75, 3.05) is 24.6 Å². The fraction of sp³-hybridized carbons (Fsp3) is 1.00. The van der Waals surface area contributed by atoms with Gasteiger partial charge in [-0.05, 0) is 0 Å². The van der Waals surface area contributed by atoms with Crippen molar-refractivity contribution in [1.29, 1.82) is 0 Å². The summed E-state index contributed by atoms with van der Waals surface area (Å²) < 4.78 is 0. The van der Waals surface area contributed by atoms with Gasteiger partial charge in [0.1, 0.15) is 0 Å². The number of hydrogen-bond acceptors (Lipinski definition) is 0. The third-order valence-corrected chi connectivity index (χ3v) is 14.3. The molecule has 0 nitrogen and oxygen atoms in total. The Labute approximate surface area is 178 Å². The van der Waals surface area contributed by atoms with Crippen LogP contribution in [0.15, 0.2) is 0 Å². The van der Waals surface area contributed by atoms with Crippen LogP contribution in [0.4, 0.5) is 0 Å². The van der Waals surface area contributed by atoms with Crippen molar-refractivity contribution in [1.82, 2.24) is 0 Å². The third-order valence-electron chi connectivity index (χ3n) is 6.53. The van der Waals surface area contributed by atoms with E-state index in [2.05, 4.69) is 27.7 Å². The Hall–Kier alpha value is 0.720. The zero-order chi connectivity index (χ0) is 20.3. The number of rotatable bonds is 21. The van der Waals surface area contributed by atoms with E-state index in [0.717, 1.165) is 0 Å². The molecule has 0 rings (SSSR count). The van der Waals surface area contributed by atoms with Gasteiger partial charge in [0.15, 0.2) is 0 Å². The van der Waals surface area contributed by atoms with Gasteiger partial charge in [-0.15, -0.1) is 0 Å². The van der Waals surface area contributed by atoms with Crippen molar-refractivity contribution in [3.63, 3.8) is 0 Å². The molecule has 27 heavy (non-hydrogen) atoms. The van der Waals surface area contributed by atoms with Crippen LogP contribution in [-0.4, -0.2) is 24.6 Å². The molecule has 0 fully saturated rings. The Balaban J connectivity index is 4.19. The maximum absolute atomic E-state index is 7.69. The van der Waals surface area contributed by atoms with E-state index in [0.29, 0.717) is 0 Å². The van der Waals surface area contributed by atoms with Crippen LogP contribution in [-0.2, 0) is 0 Å². The Kier molecular flexibility index (Phi) is 18.0. The Morgan fingerprint density at radius 2 is 0.630 bits per heavy atom. The van der Waals surface area contributed by atoms with E-state index in [9.17, 15) is 0 Å². The molecule has 0 bridgehead atoms. The molecular formula is C25H54ClP. The van der Waals surface area contributed by atoms with E-state index in [1.165, 1.54) is 134 Å². The molecule has 0 aromatic rings. The summed E-state index contributed by atoms with van der Waals surface area (Å²) in [6.45, 7) is 9.30. The van der Waals surface area contributed by atoms with Gasteiger partial charge in [0.25, 0.3) is 0 Å². The van der Waals surface area contributed by atoms with Gasteiger partial charge < -0.3 is 0 Å². The fourth-order valence-electron chi connectivity index (χ4n) is 4.50. The Morgan fingerprint density at radius 3 is 0.963 bits per heavy atom. The first-order chi connectivity index (χ1) is 13.0. The van der Waals surface area contributed by atoms with Crippen LogP contribution in [0.5, 0.6) is 0 Å². The summed E-state index contributed by atoms with van der Waals surface area (Å²) in [6, 6.07) is 0. The molecule has 0 radical (unpaired) electrons. The van der Waals surface area contributed by atoms with Crippen LogP contribution in [0.25, 0.3) is 0 Å². The zero-order valence-electron chi connectivity index (χ0n) is 19.7. The second-order valence-electron chi connectivity index (χ2n) is 9.31. The summed E-state index contributed by atoms with van der Waals surface area (Å²) in [6.07, 6.45) is 29.2.